The first-order valence-electron chi connectivity index (χ1n) is 12.9. The molecule has 2 aromatic carbocycles. The Labute approximate surface area is 218 Å². The molecule has 2 aromatic heterocycles. The van der Waals surface area contributed by atoms with Gasteiger partial charge in [0.15, 0.2) is 0 Å². The molecule has 1 aliphatic rings. The number of hydrogen-bond acceptors (Lipinski definition) is 5. The van der Waals surface area contributed by atoms with E-state index in [0.717, 1.165) is 46.3 Å². The topological polar surface area (TPSA) is 72.3 Å². The summed E-state index contributed by atoms with van der Waals surface area (Å²) >= 11 is 0. The van der Waals surface area contributed by atoms with E-state index < -0.39 is 5.60 Å². The average Bonchev–Trinajstić information content (AvgIpc) is 3.23. The lowest BCUT2D eigenvalue weighted by Crippen LogP contribution is -2.47. The van der Waals surface area contributed by atoms with Gasteiger partial charge >= 0.3 is 6.09 Å². The van der Waals surface area contributed by atoms with Crippen LogP contribution < -0.4 is 5.32 Å². The Hall–Kier alpha value is -3.87. The first-order valence-corrected chi connectivity index (χ1v) is 12.9. The van der Waals surface area contributed by atoms with Gasteiger partial charge in [-0.3, -0.25) is 0 Å². The summed E-state index contributed by atoms with van der Waals surface area (Å²) in [5.74, 6) is 0.573. The van der Waals surface area contributed by atoms with Gasteiger partial charge in [-0.1, -0.05) is 30.3 Å². The predicted octanol–water partition coefficient (Wildman–Crippen LogP) is 6.52. The number of aryl methyl sites for hydroxylation is 2. The Morgan fingerprint density at radius 2 is 1.89 bits per heavy atom. The van der Waals surface area contributed by atoms with Crippen LogP contribution in [-0.4, -0.2) is 50.3 Å². The zero-order valence-corrected chi connectivity index (χ0v) is 22.3. The number of likely N-dealkylation sites (tertiary alicyclic amines) is 1. The second kappa shape index (κ2) is 9.88. The zero-order chi connectivity index (χ0) is 26.2. The third-order valence-corrected chi connectivity index (χ3v) is 6.63. The normalized spacial score (nSPS) is 16.1. The van der Waals surface area contributed by atoms with Crippen molar-refractivity contribution >= 4 is 22.9 Å². The first-order chi connectivity index (χ1) is 17.7. The standard InChI is InChI=1S/C30H35N5O2/c1-20-13-14-24-25(19-35(26(24)16-20)23-11-7-6-8-12-23)27-21(2)17-31-28(33-27)32-22-10-9-15-34(18-22)29(36)37-30(3,4)5/h6-8,11-14,16-17,19,22H,9-10,15,18H2,1-5H3,(H,31,32,33)/t22-/m0/s1. The molecular weight excluding hydrogens is 462 g/mol. The van der Waals surface area contributed by atoms with Crippen LogP contribution >= 0.6 is 0 Å². The van der Waals surface area contributed by atoms with Gasteiger partial charge in [0, 0.05) is 48.2 Å². The van der Waals surface area contributed by atoms with E-state index in [2.05, 4.69) is 70.5 Å². The van der Waals surface area contributed by atoms with E-state index in [1.54, 1.807) is 4.90 Å². The summed E-state index contributed by atoms with van der Waals surface area (Å²) in [6.45, 7) is 11.1. The number of fused-ring (bicyclic) bond motifs is 1. The first kappa shape index (κ1) is 24.8. The molecule has 4 aromatic rings. The van der Waals surface area contributed by atoms with E-state index >= 15 is 0 Å². The Bertz CT molecular complexity index is 1420. The average molecular weight is 498 g/mol. The van der Waals surface area contributed by atoms with Crippen molar-refractivity contribution in [1.82, 2.24) is 19.4 Å². The highest BCUT2D eigenvalue weighted by Crippen LogP contribution is 2.34. The van der Waals surface area contributed by atoms with Crippen LogP contribution in [0.4, 0.5) is 10.7 Å². The molecule has 192 valence electrons. The van der Waals surface area contributed by atoms with E-state index in [1.165, 1.54) is 5.56 Å². The lowest BCUT2D eigenvalue weighted by molar-refractivity contribution is 0.0206. The van der Waals surface area contributed by atoms with Gasteiger partial charge in [0.25, 0.3) is 0 Å². The largest absolute Gasteiger partial charge is 0.444 e. The van der Waals surface area contributed by atoms with Gasteiger partial charge in [-0.2, -0.15) is 0 Å². The third kappa shape index (κ3) is 5.45. The Kier molecular flexibility index (Phi) is 6.63. The van der Waals surface area contributed by atoms with E-state index in [0.29, 0.717) is 19.0 Å². The summed E-state index contributed by atoms with van der Waals surface area (Å²) < 4.78 is 7.81. The number of amides is 1. The van der Waals surface area contributed by atoms with Gasteiger partial charge in [0.1, 0.15) is 5.60 Å². The number of piperidine rings is 1. The smallest absolute Gasteiger partial charge is 0.410 e. The Morgan fingerprint density at radius 1 is 1.11 bits per heavy atom. The molecule has 0 aliphatic carbocycles. The van der Waals surface area contributed by atoms with Crippen molar-refractivity contribution in [3.63, 3.8) is 0 Å². The molecule has 37 heavy (non-hydrogen) atoms. The second-order valence-corrected chi connectivity index (χ2v) is 10.9. The summed E-state index contributed by atoms with van der Waals surface area (Å²) in [6, 6.07) is 17.0. The molecule has 1 amide bonds. The van der Waals surface area contributed by atoms with Crippen molar-refractivity contribution in [3.05, 3.63) is 72.1 Å². The summed E-state index contributed by atoms with van der Waals surface area (Å²) in [6.07, 6.45) is 5.62. The van der Waals surface area contributed by atoms with Gasteiger partial charge < -0.3 is 19.5 Å². The minimum atomic E-state index is -0.510. The number of para-hydroxylation sites is 1. The van der Waals surface area contributed by atoms with Crippen LogP contribution in [-0.2, 0) is 4.74 Å². The van der Waals surface area contributed by atoms with Crippen LogP contribution in [0.15, 0.2) is 60.9 Å². The minimum Gasteiger partial charge on any atom is -0.444 e. The van der Waals surface area contributed by atoms with Crippen LogP contribution in [0.3, 0.4) is 0 Å². The molecule has 5 rings (SSSR count). The van der Waals surface area contributed by atoms with E-state index in [4.69, 9.17) is 9.72 Å². The lowest BCUT2D eigenvalue weighted by atomic mass is 10.1. The van der Waals surface area contributed by atoms with Crippen molar-refractivity contribution < 1.29 is 9.53 Å². The highest BCUT2D eigenvalue weighted by Gasteiger charge is 2.28. The van der Waals surface area contributed by atoms with Gasteiger partial charge in [-0.15, -0.1) is 0 Å². The molecule has 1 aliphatic heterocycles. The second-order valence-electron chi connectivity index (χ2n) is 10.9. The highest BCUT2D eigenvalue weighted by atomic mass is 16.6. The van der Waals surface area contributed by atoms with Crippen LogP contribution in [0.25, 0.3) is 27.8 Å². The van der Waals surface area contributed by atoms with Crippen LogP contribution in [0, 0.1) is 13.8 Å². The number of carbonyl (C=O) groups excluding carboxylic acids is 1. The molecule has 1 atom stereocenters. The molecule has 1 fully saturated rings. The maximum absolute atomic E-state index is 12.6. The van der Waals surface area contributed by atoms with E-state index in [9.17, 15) is 4.79 Å². The van der Waals surface area contributed by atoms with Gasteiger partial charge in [-0.25, -0.2) is 14.8 Å². The van der Waals surface area contributed by atoms with E-state index in [1.807, 2.05) is 40.0 Å². The Morgan fingerprint density at radius 3 is 2.65 bits per heavy atom. The molecule has 1 saturated heterocycles. The summed E-state index contributed by atoms with van der Waals surface area (Å²) in [7, 11) is 0. The molecular formula is C30H35N5O2. The van der Waals surface area contributed by atoms with E-state index in [-0.39, 0.29) is 12.1 Å². The number of nitrogens with one attached hydrogen (secondary N) is 1. The number of anilines is 1. The number of ether oxygens (including phenoxy) is 1. The fourth-order valence-corrected chi connectivity index (χ4v) is 4.88. The van der Waals surface area contributed by atoms with Crippen molar-refractivity contribution in [2.45, 2.75) is 59.1 Å². The molecule has 0 bridgehead atoms. The van der Waals surface area contributed by atoms with Gasteiger partial charge in [0.2, 0.25) is 5.95 Å². The van der Waals surface area contributed by atoms with Crippen LogP contribution in [0.1, 0.15) is 44.7 Å². The minimum absolute atomic E-state index is 0.0603. The van der Waals surface area contributed by atoms with Crippen molar-refractivity contribution in [1.29, 1.82) is 0 Å². The number of rotatable bonds is 4. The monoisotopic (exact) mass is 497 g/mol. The molecule has 0 spiro atoms. The van der Waals surface area contributed by atoms with Gasteiger partial charge in [0.05, 0.1) is 11.2 Å². The molecule has 0 radical (unpaired) electrons. The fraction of sp³-hybridized carbons (Fsp3) is 0.367. The molecule has 7 heteroatoms. The number of benzene rings is 2. The van der Waals surface area contributed by atoms with Crippen molar-refractivity contribution in [3.8, 4) is 16.9 Å². The summed E-state index contributed by atoms with van der Waals surface area (Å²) in [5.41, 5.74) is 5.94. The van der Waals surface area contributed by atoms with Crippen LogP contribution in [0.2, 0.25) is 0 Å². The quantitative estimate of drug-likeness (QED) is 0.348. The maximum Gasteiger partial charge on any atom is 0.410 e. The lowest BCUT2D eigenvalue weighted by Gasteiger charge is -2.34. The predicted molar refractivity (Wildman–Crippen MR) is 148 cm³/mol. The van der Waals surface area contributed by atoms with Crippen LogP contribution in [0.5, 0.6) is 0 Å². The molecule has 1 N–H and O–H groups in total. The van der Waals surface area contributed by atoms with Crippen molar-refractivity contribution in [2.75, 3.05) is 18.4 Å². The molecule has 0 unspecified atom stereocenters. The number of hydrogen-bond donors (Lipinski definition) is 1. The zero-order valence-electron chi connectivity index (χ0n) is 22.3. The molecule has 7 nitrogen and oxygen atoms in total. The molecule has 3 heterocycles. The third-order valence-electron chi connectivity index (χ3n) is 6.63. The SMILES string of the molecule is Cc1ccc2c(-c3nc(N[C@H]4CCCN(C(=O)OC(C)(C)C)C4)ncc3C)cn(-c3ccccc3)c2c1. The number of aromatic nitrogens is 3. The fourth-order valence-electron chi connectivity index (χ4n) is 4.88. The highest BCUT2D eigenvalue weighted by molar-refractivity contribution is 5.97. The summed E-state index contributed by atoms with van der Waals surface area (Å²) in [5, 5.41) is 4.63. The maximum atomic E-state index is 12.6. The molecule has 0 saturated carbocycles. The Balaban J connectivity index is 1.45. The number of nitrogens with zero attached hydrogens (tertiary/aromatic N) is 4. The van der Waals surface area contributed by atoms with Crippen molar-refractivity contribution in [2.24, 2.45) is 0 Å². The number of carbonyl (C=O) groups is 1. The van der Waals surface area contributed by atoms with Gasteiger partial charge in [-0.05, 0) is 76.8 Å². The summed E-state index contributed by atoms with van der Waals surface area (Å²) in [4.78, 5) is 23.9.